The van der Waals surface area contributed by atoms with Crippen LogP contribution in [0.15, 0.2) is 18.2 Å². The third-order valence-electron chi connectivity index (χ3n) is 4.30. The van der Waals surface area contributed by atoms with Gasteiger partial charge in [0, 0.05) is 12.5 Å². The molecule has 1 saturated heterocycles. The van der Waals surface area contributed by atoms with Gasteiger partial charge in [0.25, 0.3) is 0 Å². The topological polar surface area (TPSA) is 57.6 Å². The number of hydrogen-bond acceptors (Lipinski definition) is 2. The second kappa shape index (κ2) is 5.09. The molecule has 1 aromatic carbocycles. The van der Waals surface area contributed by atoms with Gasteiger partial charge in [0.1, 0.15) is 6.04 Å². The number of hydrogen-bond donors (Lipinski definition) is 1. The fourth-order valence-electron chi connectivity index (χ4n) is 3.08. The normalized spacial score (nSPS) is 27.7. The first-order chi connectivity index (χ1) is 9.99. The molecule has 6 heteroatoms. The van der Waals surface area contributed by atoms with Gasteiger partial charge < -0.3 is 10.0 Å². The number of benzene rings is 1. The minimum absolute atomic E-state index is 0.136. The van der Waals surface area contributed by atoms with Crippen molar-refractivity contribution in [3.05, 3.63) is 35.4 Å². The summed E-state index contributed by atoms with van der Waals surface area (Å²) in [6.07, 6.45) is 1.72. The summed E-state index contributed by atoms with van der Waals surface area (Å²) in [6.45, 7) is 0.455. The van der Waals surface area contributed by atoms with Gasteiger partial charge in [-0.1, -0.05) is 6.07 Å². The number of amides is 1. The highest BCUT2D eigenvalue weighted by Gasteiger charge is 2.48. The number of carboxylic acids is 1. The molecule has 4 nitrogen and oxygen atoms in total. The Hall–Kier alpha value is -1.98. The number of carbonyl (C=O) groups excluding carboxylic acids is 1. The van der Waals surface area contributed by atoms with Crippen molar-refractivity contribution in [3.8, 4) is 0 Å². The summed E-state index contributed by atoms with van der Waals surface area (Å²) in [5, 5.41) is 9.10. The first kappa shape index (κ1) is 14.0. The van der Waals surface area contributed by atoms with Crippen molar-refractivity contribution >= 4 is 11.9 Å². The van der Waals surface area contributed by atoms with Crippen molar-refractivity contribution in [2.24, 2.45) is 5.92 Å². The minimum Gasteiger partial charge on any atom is -0.480 e. The maximum Gasteiger partial charge on any atom is 0.326 e. The van der Waals surface area contributed by atoms with Crippen molar-refractivity contribution in [1.82, 2.24) is 4.90 Å². The van der Waals surface area contributed by atoms with Crippen molar-refractivity contribution in [2.75, 3.05) is 6.54 Å². The molecule has 0 radical (unpaired) electrons. The van der Waals surface area contributed by atoms with E-state index >= 15 is 0 Å². The Balaban J connectivity index is 1.71. The van der Waals surface area contributed by atoms with Crippen LogP contribution in [0.4, 0.5) is 8.78 Å². The Labute approximate surface area is 120 Å². The van der Waals surface area contributed by atoms with E-state index in [1.807, 2.05) is 0 Å². The van der Waals surface area contributed by atoms with E-state index in [1.54, 1.807) is 0 Å². The van der Waals surface area contributed by atoms with Crippen LogP contribution >= 0.6 is 0 Å². The molecule has 2 aliphatic rings. The standard InChI is InChI=1S/C15H15F2NO3/c16-11-4-3-8(6-12(11)17)9-7-10(9)14(19)18-5-1-2-13(18)15(20)21/h3-4,6,9-10,13H,1-2,5,7H2,(H,20,21)/t9-,10-,13+/m0/s1. The Morgan fingerprint density at radius 3 is 2.67 bits per heavy atom. The molecule has 1 aromatic rings. The molecule has 1 amide bonds. The Kier molecular flexibility index (Phi) is 3.39. The molecule has 1 N–H and O–H groups in total. The van der Waals surface area contributed by atoms with Crippen LogP contribution in [-0.2, 0) is 9.59 Å². The minimum atomic E-state index is -0.981. The maximum absolute atomic E-state index is 13.2. The van der Waals surface area contributed by atoms with E-state index in [1.165, 1.54) is 11.0 Å². The molecule has 0 aromatic heterocycles. The Morgan fingerprint density at radius 2 is 2.00 bits per heavy atom. The second-order valence-corrected chi connectivity index (χ2v) is 5.65. The van der Waals surface area contributed by atoms with Gasteiger partial charge in [0.15, 0.2) is 11.6 Å². The van der Waals surface area contributed by atoms with E-state index in [0.29, 0.717) is 31.4 Å². The van der Waals surface area contributed by atoms with Crippen molar-refractivity contribution in [1.29, 1.82) is 0 Å². The number of likely N-dealkylation sites (tertiary alicyclic amines) is 1. The van der Waals surface area contributed by atoms with E-state index < -0.39 is 23.6 Å². The molecule has 1 saturated carbocycles. The van der Waals surface area contributed by atoms with E-state index in [2.05, 4.69) is 0 Å². The molecule has 0 bridgehead atoms. The number of halogens is 2. The summed E-state index contributed by atoms with van der Waals surface area (Å²) in [5.41, 5.74) is 0.596. The average molecular weight is 295 g/mol. The Morgan fingerprint density at radius 1 is 1.24 bits per heavy atom. The first-order valence-electron chi connectivity index (χ1n) is 6.97. The summed E-state index contributed by atoms with van der Waals surface area (Å²) in [5.74, 6) is -3.44. The van der Waals surface area contributed by atoms with Gasteiger partial charge in [-0.2, -0.15) is 0 Å². The zero-order valence-corrected chi connectivity index (χ0v) is 11.3. The van der Waals surface area contributed by atoms with Gasteiger partial charge in [-0.25, -0.2) is 13.6 Å². The molecule has 0 unspecified atom stereocenters. The third kappa shape index (κ3) is 2.50. The second-order valence-electron chi connectivity index (χ2n) is 5.65. The van der Waals surface area contributed by atoms with Crippen LogP contribution in [0.2, 0.25) is 0 Å². The monoisotopic (exact) mass is 295 g/mol. The highest BCUT2D eigenvalue weighted by atomic mass is 19.2. The number of aliphatic carboxylic acids is 1. The lowest BCUT2D eigenvalue weighted by molar-refractivity contribution is -0.148. The fraction of sp³-hybridized carbons (Fsp3) is 0.467. The predicted octanol–water partition coefficient (Wildman–Crippen LogP) is 2.14. The van der Waals surface area contributed by atoms with Gasteiger partial charge in [-0.15, -0.1) is 0 Å². The van der Waals surface area contributed by atoms with Gasteiger partial charge in [0.2, 0.25) is 5.91 Å². The molecule has 1 heterocycles. The van der Waals surface area contributed by atoms with Crippen LogP contribution in [0.3, 0.4) is 0 Å². The van der Waals surface area contributed by atoms with E-state index in [0.717, 1.165) is 12.1 Å². The highest BCUT2D eigenvalue weighted by Crippen LogP contribution is 2.49. The summed E-state index contributed by atoms with van der Waals surface area (Å²) >= 11 is 0. The summed E-state index contributed by atoms with van der Waals surface area (Å²) < 4.78 is 26.1. The molecule has 1 aliphatic heterocycles. The molecule has 3 atom stereocenters. The van der Waals surface area contributed by atoms with Gasteiger partial charge >= 0.3 is 5.97 Å². The van der Waals surface area contributed by atoms with E-state index in [-0.39, 0.29) is 17.7 Å². The largest absolute Gasteiger partial charge is 0.480 e. The van der Waals surface area contributed by atoms with Crippen LogP contribution in [0.25, 0.3) is 0 Å². The predicted molar refractivity (Wildman–Crippen MR) is 69.6 cm³/mol. The third-order valence-corrected chi connectivity index (χ3v) is 4.30. The average Bonchev–Trinajstić information content (AvgIpc) is 3.08. The summed E-state index contributed by atoms with van der Waals surface area (Å²) in [6, 6.07) is 2.91. The summed E-state index contributed by atoms with van der Waals surface area (Å²) in [7, 11) is 0. The zero-order valence-electron chi connectivity index (χ0n) is 11.3. The zero-order chi connectivity index (χ0) is 15.1. The molecule has 2 fully saturated rings. The lowest BCUT2D eigenvalue weighted by Gasteiger charge is -2.21. The summed E-state index contributed by atoms with van der Waals surface area (Å²) in [4.78, 5) is 24.9. The highest BCUT2D eigenvalue weighted by molar-refractivity contribution is 5.88. The first-order valence-corrected chi connectivity index (χ1v) is 6.97. The van der Waals surface area contributed by atoms with Crippen molar-refractivity contribution in [2.45, 2.75) is 31.2 Å². The van der Waals surface area contributed by atoms with Gasteiger partial charge in [-0.05, 0) is 42.9 Å². The number of carboxylic acid groups (broad SMARTS) is 1. The van der Waals surface area contributed by atoms with Crippen LogP contribution in [0, 0.1) is 17.6 Å². The molecule has 1 aliphatic carbocycles. The number of carbonyl (C=O) groups is 2. The number of nitrogens with zero attached hydrogens (tertiary/aromatic N) is 1. The number of rotatable bonds is 3. The lowest BCUT2D eigenvalue weighted by Crippen LogP contribution is -2.41. The van der Waals surface area contributed by atoms with Crippen LogP contribution in [0.5, 0.6) is 0 Å². The van der Waals surface area contributed by atoms with Crippen molar-refractivity contribution in [3.63, 3.8) is 0 Å². The molecular formula is C15H15F2NO3. The molecule has 112 valence electrons. The van der Waals surface area contributed by atoms with E-state index in [9.17, 15) is 18.4 Å². The SMILES string of the molecule is O=C(O)[C@H]1CCCN1C(=O)[C@H]1C[C@H]1c1ccc(F)c(F)c1. The quantitative estimate of drug-likeness (QED) is 0.929. The van der Waals surface area contributed by atoms with Crippen LogP contribution < -0.4 is 0 Å². The van der Waals surface area contributed by atoms with Crippen molar-refractivity contribution < 1.29 is 23.5 Å². The molecule has 3 rings (SSSR count). The van der Waals surface area contributed by atoms with Crippen LogP contribution in [-0.4, -0.2) is 34.5 Å². The molecule has 21 heavy (non-hydrogen) atoms. The fourth-order valence-corrected chi connectivity index (χ4v) is 3.08. The Bertz CT molecular complexity index is 605. The van der Waals surface area contributed by atoms with Crippen LogP contribution in [0.1, 0.15) is 30.7 Å². The molecular weight excluding hydrogens is 280 g/mol. The van der Waals surface area contributed by atoms with E-state index in [4.69, 9.17) is 5.11 Å². The van der Waals surface area contributed by atoms with Gasteiger partial charge in [0.05, 0.1) is 0 Å². The maximum atomic E-state index is 13.2. The molecule has 0 spiro atoms. The smallest absolute Gasteiger partial charge is 0.326 e. The van der Waals surface area contributed by atoms with Gasteiger partial charge in [-0.3, -0.25) is 4.79 Å². The lowest BCUT2D eigenvalue weighted by atomic mass is 10.1.